The molecule has 0 aliphatic heterocycles. The molecule has 1 aliphatic rings. The zero-order valence-corrected chi connectivity index (χ0v) is 14.4. The Labute approximate surface area is 134 Å². The Morgan fingerprint density at radius 3 is 2.09 bits per heavy atom. The molecule has 4 heteroatoms. The lowest BCUT2D eigenvalue weighted by Gasteiger charge is -2.28. The first-order valence-electron chi connectivity index (χ1n) is 8.89. The smallest absolute Gasteiger partial charge is 0.309 e. The van der Waals surface area contributed by atoms with Gasteiger partial charge in [0.05, 0.1) is 25.0 Å². The fourth-order valence-corrected chi connectivity index (χ4v) is 2.86. The topological polar surface area (TPSA) is 52.6 Å². The Morgan fingerprint density at radius 1 is 0.955 bits per heavy atom. The minimum atomic E-state index is -0.310. The van der Waals surface area contributed by atoms with E-state index in [1.165, 1.54) is 12.8 Å². The molecule has 4 nitrogen and oxygen atoms in total. The summed E-state index contributed by atoms with van der Waals surface area (Å²) >= 11 is 0. The van der Waals surface area contributed by atoms with Crippen LogP contribution >= 0.6 is 0 Å². The number of hydrogen-bond donors (Lipinski definition) is 0. The molecule has 0 aromatic heterocycles. The third-order valence-corrected chi connectivity index (χ3v) is 4.17. The largest absolute Gasteiger partial charge is 0.465 e. The van der Waals surface area contributed by atoms with Gasteiger partial charge in [-0.2, -0.15) is 0 Å². The first-order valence-corrected chi connectivity index (χ1v) is 8.89. The average Bonchev–Trinajstić information content (AvgIpc) is 2.52. The van der Waals surface area contributed by atoms with Gasteiger partial charge in [0.15, 0.2) is 0 Å². The maximum Gasteiger partial charge on any atom is 0.309 e. The molecule has 2 atom stereocenters. The van der Waals surface area contributed by atoms with Crippen LogP contribution in [0.3, 0.4) is 0 Å². The summed E-state index contributed by atoms with van der Waals surface area (Å²) in [4.78, 5) is 24.5. The summed E-state index contributed by atoms with van der Waals surface area (Å²) in [7, 11) is 0. The summed E-state index contributed by atoms with van der Waals surface area (Å²) < 4.78 is 10.7. The number of unbranched alkanes of at least 4 members (excludes halogenated alkanes) is 3. The number of carbonyl (C=O) groups is 2. The van der Waals surface area contributed by atoms with Crippen LogP contribution in [0.2, 0.25) is 0 Å². The molecule has 0 aromatic rings. The fourth-order valence-electron chi connectivity index (χ4n) is 2.86. The fraction of sp³-hybridized carbons (Fsp3) is 0.889. The van der Waals surface area contributed by atoms with Crippen LogP contribution in [-0.4, -0.2) is 25.2 Å². The zero-order valence-electron chi connectivity index (χ0n) is 14.4. The van der Waals surface area contributed by atoms with E-state index >= 15 is 0 Å². The molecular weight excluding hydrogens is 280 g/mol. The normalized spacial score (nSPS) is 21.6. The molecule has 0 heterocycles. The van der Waals surface area contributed by atoms with Crippen LogP contribution in [0, 0.1) is 17.8 Å². The zero-order chi connectivity index (χ0) is 16.4. The second-order valence-electron chi connectivity index (χ2n) is 6.75. The van der Waals surface area contributed by atoms with Gasteiger partial charge in [-0.1, -0.05) is 52.9 Å². The predicted octanol–water partition coefficient (Wildman–Crippen LogP) is 4.12. The molecule has 2 unspecified atom stereocenters. The van der Waals surface area contributed by atoms with E-state index < -0.39 is 0 Å². The van der Waals surface area contributed by atoms with Gasteiger partial charge in [0, 0.05) is 0 Å². The van der Waals surface area contributed by atoms with Gasteiger partial charge in [-0.15, -0.1) is 0 Å². The van der Waals surface area contributed by atoms with Gasteiger partial charge < -0.3 is 9.47 Å². The van der Waals surface area contributed by atoms with Crippen molar-refractivity contribution in [2.45, 2.75) is 72.1 Å². The van der Waals surface area contributed by atoms with Crippen molar-refractivity contribution in [1.29, 1.82) is 0 Å². The van der Waals surface area contributed by atoms with Crippen LogP contribution in [0.1, 0.15) is 72.1 Å². The molecule has 128 valence electrons. The highest BCUT2D eigenvalue weighted by atomic mass is 16.5. The Morgan fingerprint density at radius 2 is 1.55 bits per heavy atom. The molecule has 0 aromatic carbocycles. The summed E-state index contributed by atoms with van der Waals surface area (Å²) in [6.07, 6.45) is 7.81. The molecule has 1 fully saturated rings. The maximum atomic E-state index is 12.3. The second kappa shape index (κ2) is 10.6. The standard InChI is InChI=1S/C18H32O4/c1-4-5-6-9-12-21-17(19)15-10-7-8-11-16(15)18(20)22-13-14(2)3/h14-16H,4-13H2,1-3H3. The highest BCUT2D eigenvalue weighted by Gasteiger charge is 2.37. The van der Waals surface area contributed by atoms with Gasteiger partial charge in [0.1, 0.15) is 0 Å². The van der Waals surface area contributed by atoms with Crippen LogP contribution in [0.25, 0.3) is 0 Å². The second-order valence-corrected chi connectivity index (χ2v) is 6.75. The minimum Gasteiger partial charge on any atom is -0.465 e. The van der Waals surface area contributed by atoms with E-state index in [1.54, 1.807) is 0 Å². The molecule has 0 saturated heterocycles. The lowest BCUT2D eigenvalue weighted by molar-refractivity contribution is -0.163. The molecule has 0 radical (unpaired) electrons. The number of esters is 2. The quantitative estimate of drug-likeness (QED) is 0.475. The summed E-state index contributed by atoms with van der Waals surface area (Å²) in [6, 6.07) is 0. The molecule has 0 amide bonds. The third kappa shape index (κ3) is 6.80. The van der Waals surface area contributed by atoms with E-state index in [0.717, 1.165) is 38.5 Å². The lowest BCUT2D eigenvalue weighted by Crippen LogP contribution is -2.35. The minimum absolute atomic E-state index is 0.206. The molecule has 0 spiro atoms. The van der Waals surface area contributed by atoms with Crippen molar-refractivity contribution >= 4 is 11.9 Å². The summed E-state index contributed by atoms with van der Waals surface area (Å²) in [5, 5.41) is 0. The lowest BCUT2D eigenvalue weighted by atomic mass is 9.79. The van der Waals surface area contributed by atoms with Gasteiger partial charge in [-0.3, -0.25) is 9.59 Å². The monoisotopic (exact) mass is 312 g/mol. The van der Waals surface area contributed by atoms with Crippen LogP contribution < -0.4 is 0 Å². The number of rotatable bonds is 9. The number of hydrogen-bond acceptors (Lipinski definition) is 4. The van der Waals surface area contributed by atoms with Crippen LogP contribution in [0.4, 0.5) is 0 Å². The highest BCUT2D eigenvalue weighted by Crippen LogP contribution is 2.32. The van der Waals surface area contributed by atoms with Crippen LogP contribution in [0.5, 0.6) is 0 Å². The van der Waals surface area contributed by atoms with E-state index in [-0.39, 0.29) is 23.8 Å². The molecule has 0 bridgehead atoms. The average molecular weight is 312 g/mol. The maximum absolute atomic E-state index is 12.3. The van der Waals surface area contributed by atoms with E-state index in [9.17, 15) is 9.59 Å². The van der Waals surface area contributed by atoms with E-state index in [1.807, 2.05) is 13.8 Å². The van der Waals surface area contributed by atoms with Crippen molar-refractivity contribution in [3.63, 3.8) is 0 Å². The van der Waals surface area contributed by atoms with E-state index in [2.05, 4.69) is 6.92 Å². The van der Waals surface area contributed by atoms with Gasteiger partial charge in [0.25, 0.3) is 0 Å². The Hall–Kier alpha value is -1.06. The first-order chi connectivity index (χ1) is 10.6. The Kier molecular flexibility index (Phi) is 9.17. The molecule has 0 N–H and O–H groups in total. The van der Waals surface area contributed by atoms with Crippen LogP contribution in [-0.2, 0) is 19.1 Å². The molecule has 1 rings (SSSR count). The van der Waals surface area contributed by atoms with Gasteiger partial charge in [-0.25, -0.2) is 0 Å². The summed E-state index contributed by atoms with van der Waals surface area (Å²) in [6.45, 7) is 7.07. The van der Waals surface area contributed by atoms with Gasteiger partial charge in [0.2, 0.25) is 0 Å². The van der Waals surface area contributed by atoms with Crippen molar-refractivity contribution < 1.29 is 19.1 Å². The number of carbonyl (C=O) groups excluding carboxylic acids is 2. The highest BCUT2D eigenvalue weighted by molar-refractivity contribution is 5.82. The van der Waals surface area contributed by atoms with Crippen molar-refractivity contribution in [2.75, 3.05) is 13.2 Å². The van der Waals surface area contributed by atoms with Gasteiger partial charge in [-0.05, 0) is 25.2 Å². The number of ether oxygens (including phenoxy) is 2. The molecular formula is C18H32O4. The molecule has 1 aliphatic carbocycles. The van der Waals surface area contributed by atoms with Crippen molar-refractivity contribution in [2.24, 2.45) is 17.8 Å². The van der Waals surface area contributed by atoms with E-state index in [0.29, 0.717) is 19.1 Å². The van der Waals surface area contributed by atoms with E-state index in [4.69, 9.17) is 9.47 Å². The van der Waals surface area contributed by atoms with Crippen LogP contribution in [0.15, 0.2) is 0 Å². The molecule has 22 heavy (non-hydrogen) atoms. The summed E-state index contributed by atoms with van der Waals surface area (Å²) in [5.74, 6) is -0.726. The predicted molar refractivity (Wildman–Crippen MR) is 86.3 cm³/mol. The Balaban J connectivity index is 2.42. The van der Waals surface area contributed by atoms with Gasteiger partial charge >= 0.3 is 11.9 Å². The summed E-state index contributed by atoms with van der Waals surface area (Å²) in [5.41, 5.74) is 0. The molecule has 1 saturated carbocycles. The van der Waals surface area contributed by atoms with Crippen molar-refractivity contribution in [3.05, 3.63) is 0 Å². The SMILES string of the molecule is CCCCCCOC(=O)C1CCCCC1C(=O)OCC(C)C. The van der Waals surface area contributed by atoms with Crippen molar-refractivity contribution in [3.8, 4) is 0 Å². The third-order valence-electron chi connectivity index (χ3n) is 4.17. The Bertz CT molecular complexity index is 338. The first kappa shape index (κ1) is 19.0. The van der Waals surface area contributed by atoms with Crippen molar-refractivity contribution in [1.82, 2.24) is 0 Å².